The zero-order valence-corrected chi connectivity index (χ0v) is 18.8. The van der Waals surface area contributed by atoms with Crippen molar-refractivity contribution in [1.29, 1.82) is 0 Å². The van der Waals surface area contributed by atoms with Crippen LogP contribution in [0, 0.1) is 13.8 Å². The summed E-state index contributed by atoms with van der Waals surface area (Å²) in [4.78, 5) is 16.1. The monoisotopic (exact) mass is 462 g/mol. The third-order valence-electron chi connectivity index (χ3n) is 5.99. The maximum Gasteiger partial charge on any atom is 0.416 e. The first-order valence-electron chi connectivity index (χ1n) is 10.6. The first kappa shape index (κ1) is 22.6. The second kappa shape index (κ2) is 9.11. The van der Waals surface area contributed by atoms with Crippen molar-refractivity contribution in [3.8, 4) is 0 Å². The summed E-state index contributed by atoms with van der Waals surface area (Å²) in [7, 11) is 0. The number of carbonyl (C=O) groups excluding carboxylic acids is 1. The van der Waals surface area contributed by atoms with Gasteiger partial charge in [0.2, 0.25) is 0 Å². The van der Waals surface area contributed by atoms with Crippen LogP contribution in [0.15, 0.2) is 47.1 Å². The SMILES string of the molecule is Cc1sc(NC(=O)c2ccco2)c([C@@H](c2ccc(C(F)(F)F)cc2)N2CCCCC2)c1C. The molecule has 1 N–H and O–H groups in total. The van der Waals surface area contributed by atoms with Gasteiger partial charge in [0.05, 0.1) is 17.9 Å². The van der Waals surface area contributed by atoms with E-state index in [1.54, 1.807) is 24.3 Å². The zero-order chi connectivity index (χ0) is 22.9. The molecule has 4 nitrogen and oxygen atoms in total. The number of aryl methyl sites for hydroxylation is 1. The Bertz CT molecular complexity index is 1070. The molecule has 32 heavy (non-hydrogen) atoms. The molecule has 170 valence electrons. The predicted molar refractivity (Wildman–Crippen MR) is 119 cm³/mol. The molecule has 1 amide bonds. The number of carbonyl (C=O) groups is 1. The highest BCUT2D eigenvalue weighted by atomic mass is 32.1. The number of furan rings is 1. The number of alkyl halides is 3. The molecular formula is C24H25F3N2O2S. The smallest absolute Gasteiger partial charge is 0.416 e. The summed E-state index contributed by atoms with van der Waals surface area (Å²) < 4.78 is 44.7. The fourth-order valence-electron chi connectivity index (χ4n) is 4.23. The number of benzene rings is 1. The highest BCUT2D eigenvalue weighted by Crippen LogP contribution is 2.43. The van der Waals surface area contributed by atoms with E-state index < -0.39 is 11.7 Å². The molecule has 1 aliphatic heterocycles. The van der Waals surface area contributed by atoms with E-state index in [4.69, 9.17) is 4.42 Å². The maximum atomic E-state index is 13.1. The molecule has 0 radical (unpaired) electrons. The summed E-state index contributed by atoms with van der Waals surface area (Å²) in [5, 5.41) is 3.68. The number of thiophene rings is 1. The van der Waals surface area contributed by atoms with Crippen molar-refractivity contribution < 1.29 is 22.4 Å². The molecule has 0 unspecified atom stereocenters. The van der Waals surface area contributed by atoms with Gasteiger partial charge in [0, 0.05) is 10.4 Å². The fourth-order valence-corrected chi connectivity index (χ4v) is 5.32. The third-order valence-corrected chi connectivity index (χ3v) is 7.13. The first-order valence-corrected chi connectivity index (χ1v) is 11.4. The van der Waals surface area contributed by atoms with Crippen LogP contribution in [0.2, 0.25) is 0 Å². The Hall–Kier alpha value is -2.58. The van der Waals surface area contributed by atoms with E-state index in [1.165, 1.54) is 17.6 Å². The Morgan fingerprint density at radius 1 is 1.09 bits per heavy atom. The van der Waals surface area contributed by atoms with Crippen molar-refractivity contribution in [2.45, 2.75) is 45.3 Å². The van der Waals surface area contributed by atoms with Crippen LogP contribution in [0.1, 0.15) is 63.0 Å². The molecule has 1 saturated heterocycles. The molecule has 3 heterocycles. The van der Waals surface area contributed by atoms with Crippen molar-refractivity contribution in [1.82, 2.24) is 4.90 Å². The molecule has 0 aliphatic carbocycles. The highest BCUT2D eigenvalue weighted by Gasteiger charge is 2.33. The van der Waals surface area contributed by atoms with E-state index in [0.29, 0.717) is 5.00 Å². The number of hydrogen-bond donors (Lipinski definition) is 1. The number of amides is 1. The van der Waals surface area contributed by atoms with Gasteiger partial charge in [-0.25, -0.2) is 0 Å². The van der Waals surface area contributed by atoms with E-state index in [-0.39, 0.29) is 17.7 Å². The van der Waals surface area contributed by atoms with Gasteiger partial charge >= 0.3 is 6.18 Å². The van der Waals surface area contributed by atoms with Gasteiger partial charge in [-0.05, 0) is 75.2 Å². The molecular weight excluding hydrogens is 437 g/mol. The Labute approximate surface area is 189 Å². The summed E-state index contributed by atoms with van der Waals surface area (Å²) in [5.41, 5.74) is 2.10. The van der Waals surface area contributed by atoms with Crippen LogP contribution in [0.3, 0.4) is 0 Å². The number of piperidine rings is 1. The molecule has 1 aromatic carbocycles. The Morgan fingerprint density at radius 3 is 2.38 bits per heavy atom. The highest BCUT2D eigenvalue weighted by molar-refractivity contribution is 7.16. The predicted octanol–water partition coefficient (Wildman–Crippen LogP) is 6.80. The molecule has 3 aromatic rings. The topological polar surface area (TPSA) is 45.5 Å². The minimum absolute atomic E-state index is 0.212. The summed E-state index contributed by atoms with van der Waals surface area (Å²) in [6.45, 7) is 5.70. The van der Waals surface area contributed by atoms with Crippen LogP contribution < -0.4 is 5.32 Å². The second-order valence-corrected chi connectivity index (χ2v) is 9.30. The number of anilines is 1. The average Bonchev–Trinajstić information content (AvgIpc) is 3.39. The van der Waals surface area contributed by atoms with Gasteiger partial charge in [-0.2, -0.15) is 13.2 Å². The summed E-state index contributed by atoms with van der Waals surface area (Å²) in [6.07, 6.45) is 0.274. The van der Waals surface area contributed by atoms with Gasteiger partial charge in [-0.15, -0.1) is 11.3 Å². The number of halogens is 3. The third kappa shape index (κ3) is 4.61. The van der Waals surface area contributed by atoms with E-state index in [9.17, 15) is 18.0 Å². The van der Waals surface area contributed by atoms with Gasteiger partial charge in [0.25, 0.3) is 5.91 Å². The van der Waals surface area contributed by atoms with Crippen LogP contribution in [-0.4, -0.2) is 23.9 Å². The van der Waals surface area contributed by atoms with Gasteiger partial charge in [0.1, 0.15) is 5.00 Å². The van der Waals surface area contributed by atoms with Crippen molar-refractivity contribution in [3.63, 3.8) is 0 Å². The fraction of sp³-hybridized carbons (Fsp3) is 0.375. The molecule has 2 aromatic heterocycles. The van der Waals surface area contributed by atoms with Gasteiger partial charge in [-0.3, -0.25) is 9.69 Å². The van der Waals surface area contributed by atoms with E-state index in [1.807, 2.05) is 13.8 Å². The van der Waals surface area contributed by atoms with E-state index >= 15 is 0 Å². The van der Waals surface area contributed by atoms with Crippen molar-refractivity contribution >= 4 is 22.2 Å². The molecule has 1 aliphatic rings. The van der Waals surface area contributed by atoms with Crippen molar-refractivity contribution in [2.24, 2.45) is 0 Å². The lowest BCUT2D eigenvalue weighted by Crippen LogP contribution is -2.35. The lowest BCUT2D eigenvalue weighted by molar-refractivity contribution is -0.137. The number of nitrogens with one attached hydrogen (secondary N) is 1. The average molecular weight is 463 g/mol. The van der Waals surface area contributed by atoms with Crippen LogP contribution in [-0.2, 0) is 6.18 Å². The molecule has 1 fully saturated rings. The quantitative estimate of drug-likeness (QED) is 0.453. The maximum absolute atomic E-state index is 13.1. The largest absolute Gasteiger partial charge is 0.459 e. The minimum Gasteiger partial charge on any atom is -0.459 e. The first-order chi connectivity index (χ1) is 15.3. The van der Waals surface area contributed by atoms with E-state index in [0.717, 1.165) is 66.1 Å². The zero-order valence-electron chi connectivity index (χ0n) is 18.0. The lowest BCUT2D eigenvalue weighted by atomic mass is 9.92. The molecule has 8 heteroatoms. The molecule has 0 bridgehead atoms. The van der Waals surface area contributed by atoms with Crippen LogP contribution >= 0.6 is 11.3 Å². The Kier molecular flexibility index (Phi) is 6.44. The normalized spacial score (nSPS) is 16.2. The van der Waals surface area contributed by atoms with Gasteiger partial charge < -0.3 is 9.73 Å². The number of likely N-dealkylation sites (tertiary alicyclic amines) is 1. The van der Waals surface area contributed by atoms with E-state index in [2.05, 4.69) is 10.2 Å². The van der Waals surface area contributed by atoms with Gasteiger partial charge in [0.15, 0.2) is 5.76 Å². The summed E-state index contributed by atoms with van der Waals surface area (Å²) in [6, 6.07) is 8.41. The lowest BCUT2D eigenvalue weighted by Gasteiger charge is -2.36. The summed E-state index contributed by atoms with van der Waals surface area (Å²) in [5.74, 6) is -0.133. The van der Waals surface area contributed by atoms with Crippen LogP contribution in [0.5, 0.6) is 0 Å². The van der Waals surface area contributed by atoms with Crippen LogP contribution in [0.4, 0.5) is 18.2 Å². The van der Waals surface area contributed by atoms with Crippen molar-refractivity contribution in [2.75, 3.05) is 18.4 Å². The Morgan fingerprint density at radius 2 is 1.78 bits per heavy atom. The van der Waals surface area contributed by atoms with Crippen molar-refractivity contribution in [3.05, 3.63) is 75.6 Å². The molecule has 4 rings (SSSR count). The number of hydrogen-bond acceptors (Lipinski definition) is 4. The van der Waals surface area contributed by atoms with Crippen LogP contribution in [0.25, 0.3) is 0 Å². The molecule has 1 atom stereocenters. The standard InChI is InChI=1S/C24H25F3N2O2S/c1-15-16(2)32-23(28-22(30)19-7-6-14-31-19)20(15)21(29-12-4-3-5-13-29)17-8-10-18(11-9-17)24(25,26)27/h6-11,14,21H,3-5,12-13H2,1-2H3,(H,28,30)/t21-/m1/s1. The number of rotatable bonds is 5. The van der Waals surface area contributed by atoms with Gasteiger partial charge in [-0.1, -0.05) is 18.6 Å². The molecule has 0 spiro atoms. The summed E-state index contributed by atoms with van der Waals surface area (Å²) >= 11 is 1.48. The number of nitrogens with zero attached hydrogens (tertiary/aromatic N) is 1. The molecule has 0 saturated carbocycles. The minimum atomic E-state index is -4.38. The second-order valence-electron chi connectivity index (χ2n) is 8.08. The Balaban J connectivity index is 1.77.